The molecule has 1 nitrogen and oxygen atoms in total. The highest BCUT2D eigenvalue weighted by molar-refractivity contribution is 6.30. The Morgan fingerprint density at radius 3 is 1.89 bits per heavy atom. The number of hydrogen-bond acceptors (Lipinski definition) is 1. The van der Waals surface area contributed by atoms with E-state index >= 15 is 0 Å². The highest BCUT2D eigenvalue weighted by Crippen LogP contribution is 2.09. The summed E-state index contributed by atoms with van der Waals surface area (Å²) < 4.78 is 0. The third-order valence-corrected chi connectivity index (χ3v) is 1.12. The van der Waals surface area contributed by atoms with Gasteiger partial charge in [0.15, 0.2) is 0 Å². The van der Waals surface area contributed by atoms with Crippen LogP contribution in [0.2, 0.25) is 5.02 Å². The van der Waals surface area contributed by atoms with Crippen LogP contribution in [0.15, 0.2) is 24.3 Å². The number of nitrogen functional groups attached to an aromatic ring is 1. The first-order chi connectivity index (χ1) is 3.79. The summed E-state index contributed by atoms with van der Waals surface area (Å²) in [6, 6.07) is 7.05. The van der Waals surface area contributed by atoms with Crippen LogP contribution in [0.5, 0.6) is 0 Å². The molecule has 0 atom stereocenters. The molecule has 1 aromatic carbocycles. The number of halogens is 1. The highest BCUT2D eigenvalue weighted by Gasteiger charge is 1.82. The van der Waals surface area contributed by atoms with Crippen LogP contribution in [0.1, 0.15) is 7.43 Å². The van der Waals surface area contributed by atoms with E-state index in [-0.39, 0.29) is 7.43 Å². The summed E-state index contributed by atoms with van der Waals surface area (Å²) in [7, 11) is 0. The Kier molecular flexibility index (Phi) is 3.10. The van der Waals surface area contributed by atoms with E-state index in [1.165, 1.54) is 0 Å². The van der Waals surface area contributed by atoms with Crippen molar-refractivity contribution in [2.24, 2.45) is 0 Å². The molecule has 0 amide bonds. The number of rotatable bonds is 0. The van der Waals surface area contributed by atoms with E-state index in [1.54, 1.807) is 24.3 Å². The van der Waals surface area contributed by atoms with E-state index in [2.05, 4.69) is 0 Å². The van der Waals surface area contributed by atoms with Gasteiger partial charge in [-0.15, -0.1) is 0 Å². The third kappa shape index (κ3) is 2.38. The molecule has 0 aliphatic rings. The highest BCUT2D eigenvalue weighted by atomic mass is 35.5. The molecule has 0 saturated heterocycles. The van der Waals surface area contributed by atoms with Crippen molar-refractivity contribution in [2.45, 2.75) is 7.43 Å². The fourth-order valence-electron chi connectivity index (χ4n) is 0.463. The fraction of sp³-hybridized carbons (Fsp3) is 0.143. The summed E-state index contributed by atoms with van der Waals surface area (Å²) in [5.74, 6) is 0. The molecule has 0 unspecified atom stereocenters. The van der Waals surface area contributed by atoms with Crippen molar-refractivity contribution in [1.29, 1.82) is 0 Å². The smallest absolute Gasteiger partial charge is 0.0407 e. The molecule has 0 heterocycles. The van der Waals surface area contributed by atoms with Crippen LogP contribution in [0, 0.1) is 0 Å². The van der Waals surface area contributed by atoms with E-state index in [4.69, 9.17) is 17.3 Å². The molecule has 50 valence electrons. The van der Waals surface area contributed by atoms with Crippen molar-refractivity contribution >= 4 is 17.3 Å². The fourth-order valence-corrected chi connectivity index (χ4v) is 0.589. The number of benzene rings is 1. The third-order valence-electron chi connectivity index (χ3n) is 0.870. The summed E-state index contributed by atoms with van der Waals surface area (Å²) in [5, 5.41) is 0.721. The quantitative estimate of drug-likeness (QED) is 0.555. The lowest BCUT2D eigenvalue weighted by atomic mass is 10.3. The zero-order valence-electron chi connectivity index (χ0n) is 4.26. The summed E-state index contributed by atoms with van der Waals surface area (Å²) >= 11 is 5.56. The van der Waals surface area contributed by atoms with Gasteiger partial charge in [0.25, 0.3) is 0 Å². The van der Waals surface area contributed by atoms with Gasteiger partial charge in [-0.1, -0.05) is 19.0 Å². The second-order valence-corrected chi connectivity index (χ2v) is 1.99. The first-order valence-electron chi connectivity index (χ1n) is 2.30. The predicted octanol–water partition coefficient (Wildman–Crippen LogP) is 2.56. The SMILES string of the molecule is C.Nc1ccc(Cl)cc1. The second-order valence-electron chi connectivity index (χ2n) is 1.55. The van der Waals surface area contributed by atoms with Crippen molar-refractivity contribution in [3.63, 3.8) is 0 Å². The van der Waals surface area contributed by atoms with Gasteiger partial charge in [0.2, 0.25) is 0 Å². The Hall–Kier alpha value is -0.690. The van der Waals surface area contributed by atoms with Crippen LogP contribution in [0.25, 0.3) is 0 Å². The minimum absolute atomic E-state index is 0. The first kappa shape index (κ1) is 8.31. The molecule has 9 heavy (non-hydrogen) atoms. The number of nitrogens with two attached hydrogens (primary N) is 1. The van der Waals surface area contributed by atoms with E-state index < -0.39 is 0 Å². The van der Waals surface area contributed by atoms with Gasteiger partial charge < -0.3 is 5.73 Å². The molecule has 0 bridgehead atoms. The lowest BCUT2D eigenvalue weighted by molar-refractivity contribution is 1.69. The van der Waals surface area contributed by atoms with Crippen LogP contribution in [-0.2, 0) is 0 Å². The maximum atomic E-state index is 5.56. The maximum Gasteiger partial charge on any atom is 0.0407 e. The lowest BCUT2D eigenvalue weighted by Crippen LogP contribution is -1.80. The summed E-state index contributed by atoms with van der Waals surface area (Å²) in [6.07, 6.45) is 0. The predicted molar refractivity (Wildman–Crippen MR) is 42.6 cm³/mol. The van der Waals surface area contributed by atoms with E-state index in [0.717, 1.165) is 10.7 Å². The van der Waals surface area contributed by atoms with Gasteiger partial charge in [-0.3, -0.25) is 0 Å². The van der Waals surface area contributed by atoms with Gasteiger partial charge in [-0.25, -0.2) is 0 Å². The van der Waals surface area contributed by atoms with Crippen LogP contribution in [-0.4, -0.2) is 0 Å². The molecule has 0 fully saturated rings. The van der Waals surface area contributed by atoms with Crippen LogP contribution in [0.3, 0.4) is 0 Å². The minimum Gasteiger partial charge on any atom is -0.399 e. The van der Waals surface area contributed by atoms with Gasteiger partial charge in [0.05, 0.1) is 0 Å². The normalized spacial score (nSPS) is 8.11. The molecule has 0 aromatic heterocycles. The van der Waals surface area contributed by atoms with Crippen molar-refractivity contribution in [1.82, 2.24) is 0 Å². The monoisotopic (exact) mass is 143 g/mol. The van der Waals surface area contributed by atoms with Gasteiger partial charge in [0, 0.05) is 10.7 Å². The van der Waals surface area contributed by atoms with Gasteiger partial charge in [-0.2, -0.15) is 0 Å². The van der Waals surface area contributed by atoms with Gasteiger partial charge in [-0.05, 0) is 24.3 Å². The lowest BCUT2D eigenvalue weighted by Gasteiger charge is -1.88. The zero-order chi connectivity index (χ0) is 5.98. The van der Waals surface area contributed by atoms with Crippen LogP contribution < -0.4 is 5.73 Å². The molecular weight excluding hydrogens is 134 g/mol. The molecular formula is C7H10ClN. The average Bonchev–Trinajstić information content (AvgIpc) is 1.77. The molecule has 0 aliphatic carbocycles. The summed E-state index contributed by atoms with van der Waals surface area (Å²) in [6.45, 7) is 0. The standard InChI is InChI=1S/C6H6ClN.CH4/c7-5-1-3-6(8)4-2-5;/h1-4H,8H2;1H4. The van der Waals surface area contributed by atoms with Gasteiger partial charge in [0.1, 0.15) is 0 Å². The van der Waals surface area contributed by atoms with Crippen LogP contribution >= 0.6 is 11.6 Å². The molecule has 2 heteroatoms. The molecule has 0 radical (unpaired) electrons. The average molecular weight is 144 g/mol. The summed E-state index contributed by atoms with van der Waals surface area (Å²) in [4.78, 5) is 0. The zero-order valence-corrected chi connectivity index (χ0v) is 5.02. The topological polar surface area (TPSA) is 26.0 Å². The molecule has 0 aliphatic heterocycles. The van der Waals surface area contributed by atoms with Gasteiger partial charge >= 0.3 is 0 Å². The van der Waals surface area contributed by atoms with Crippen LogP contribution in [0.4, 0.5) is 5.69 Å². The minimum atomic E-state index is 0. The van der Waals surface area contributed by atoms with Crippen molar-refractivity contribution in [3.05, 3.63) is 29.3 Å². The van der Waals surface area contributed by atoms with Crippen molar-refractivity contribution in [3.8, 4) is 0 Å². The number of anilines is 1. The largest absolute Gasteiger partial charge is 0.399 e. The van der Waals surface area contributed by atoms with E-state index in [0.29, 0.717) is 0 Å². The molecule has 0 spiro atoms. The Morgan fingerprint density at radius 2 is 1.56 bits per heavy atom. The molecule has 2 N–H and O–H groups in total. The molecule has 1 aromatic rings. The second kappa shape index (κ2) is 3.36. The van der Waals surface area contributed by atoms with Crippen molar-refractivity contribution < 1.29 is 0 Å². The Balaban J connectivity index is 0.000000640. The maximum absolute atomic E-state index is 5.56. The first-order valence-corrected chi connectivity index (χ1v) is 2.68. The van der Waals surface area contributed by atoms with Crippen molar-refractivity contribution in [2.75, 3.05) is 5.73 Å². The Labute approximate surface area is 60.4 Å². The molecule has 0 saturated carbocycles. The van der Waals surface area contributed by atoms with E-state index in [1.807, 2.05) is 0 Å². The molecule has 1 rings (SSSR count). The Morgan fingerprint density at radius 1 is 1.11 bits per heavy atom. The summed E-state index contributed by atoms with van der Waals surface area (Å²) in [5.41, 5.74) is 6.11. The van der Waals surface area contributed by atoms with E-state index in [9.17, 15) is 0 Å². The Bertz CT molecular complexity index is 148. The number of hydrogen-bond donors (Lipinski definition) is 1.